The number of amides is 2. The topological polar surface area (TPSA) is 81.2 Å². The number of fused-ring (bicyclic) bond motifs is 2. The molecule has 2 aliphatic heterocycles. The highest BCUT2D eigenvalue weighted by Gasteiger charge is 2.50. The molecule has 0 radical (unpaired) electrons. The molecule has 8 nitrogen and oxygen atoms in total. The minimum atomic E-state index is -1.84. The quantitative estimate of drug-likeness (QED) is 0.170. The Kier molecular flexibility index (Phi) is 10.9. The zero-order valence-corrected chi connectivity index (χ0v) is 32.3. The summed E-state index contributed by atoms with van der Waals surface area (Å²) in [6.45, 7) is 18.5. The molecule has 2 atom stereocenters. The smallest absolute Gasteiger partial charge is 0.411 e. The van der Waals surface area contributed by atoms with Gasteiger partial charge in [0, 0.05) is 30.4 Å². The number of hydrogen-bond donors (Lipinski definition) is 0. The summed E-state index contributed by atoms with van der Waals surface area (Å²) in [5.41, 5.74) is 1.79. The van der Waals surface area contributed by atoms with Crippen LogP contribution in [-0.4, -0.2) is 72.0 Å². The normalized spacial score (nSPS) is 20.2. The summed E-state index contributed by atoms with van der Waals surface area (Å²) in [7, 11) is -1.84. The Morgan fingerprint density at radius 2 is 1.79 bits per heavy atom. The molecule has 12 heteroatoms. The Hall–Kier alpha value is -1.95. The number of benzene rings is 1. The Bertz CT molecular complexity index is 1510. The molecule has 1 aliphatic carbocycles. The number of aromatic nitrogens is 1. The summed E-state index contributed by atoms with van der Waals surface area (Å²) in [6, 6.07) is 5.21. The molecule has 47 heavy (non-hydrogen) atoms. The van der Waals surface area contributed by atoms with Gasteiger partial charge in [-0.1, -0.05) is 56.1 Å². The number of halogens is 2. The molecule has 1 unspecified atom stereocenters. The molecule has 2 aromatic rings. The second kappa shape index (κ2) is 14.1. The molecular formula is C35H49Cl2N3O5SSi. The van der Waals surface area contributed by atoms with Crippen LogP contribution in [0.2, 0.25) is 28.2 Å². The minimum absolute atomic E-state index is 0.0487. The van der Waals surface area contributed by atoms with Crippen LogP contribution >= 0.6 is 34.5 Å². The van der Waals surface area contributed by atoms with Crippen LogP contribution in [0.1, 0.15) is 89.1 Å². The van der Waals surface area contributed by atoms with Crippen LogP contribution in [0.4, 0.5) is 4.79 Å². The van der Waals surface area contributed by atoms with E-state index >= 15 is 0 Å². The molecule has 2 amide bonds. The molecule has 1 saturated heterocycles. The van der Waals surface area contributed by atoms with E-state index in [-0.39, 0.29) is 35.2 Å². The number of ether oxygens (including phenoxy) is 2. The van der Waals surface area contributed by atoms with E-state index in [9.17, 15) is 9.59 Å². The van der Waals surface area contributed by atoms with E-state index in [2.05, 4.69) is 33.9 Å². The minimum Gasteiger partial charge on any atom is -0.444 e. The van der Waals surface area contributed by atoms with E-state index in [1.807, 2.05) is 48.9 Å². The van der Waals surface area contributed by atoms with Crippen molar-refractivity contribution < 1.29 is 23.5 Å². The predicted molar refractivity (Wildman–Crippen MR) is 191 cm³/mol. The maximum absolute atomic E-state index is 14.8. The number of carbonyl (C=O) groups is 2. The van der Waals surface area contributed by atoms with E-state index in [4.69, 9.17) is 42.1 Å². The van der Waals surface area contributed by atoms with Crippen molar-refractivity contribution in [3.63, 3.8) is 0 Å². The van der Waals surface area contributed by atoms with Gasteiger partial charge in [0.25, 0.3) is 5.91 Å². The molecule has 2 bridgehead atoms. The molecule has 0 spiro atoms. The van der Waals surface area contributed by atoms with Gasteiger partial charge in [0.15, 0.2) is 8.32 Å². The van der Waals surface area contributed by atoms with Crippen LogP contribution in [0.5, 0.6) is 0 Å². The van der Waals surface area contributed by atoms with Gasteiger partial charge in [-0.25, -0.2) is 9.78 Å². The summed E-state index contributed by atoms with van der Waals surface area (Å²) in [5, 5.41) is 1.92. The van der Waals surface area contributed by atoms with Gasteiger partial charge in [-0.05, 0) is 88.2 Å². The monoisotopic (exact) mass is 721 g/mol. The Morgan fingerprint density at radius 1 is 1.06 bits per heavy atom. The van der Waals surface area contributed by atoms with E-state index in [1.165, 1.54) is 0 Å². The van der Waals surface area contributed by atoms with Crippen LogP contribution in [0.3, 0.4) is 0 Å². The lowest BCUT2D eigenvalue weighted by atomic mass is 9.91. The maximum atomic E-state index is 14.8. The summed E-state index contributed by atoms with van der Waals surface area (Å²) < 4.78 is 18.1. The first-order valence-corrected chi connectivity index (χ1v) is 21.1. The maximum Gasteiger partial charge on any atom is 0.411 e. The van der Waals surface area contributed by atoms with Crippen molar-refractivity contribution >= 4 is 60.4 Å². The molecule has 5 rings (SSSR count). The SMILES string of the molecule is CC(C)(C)OC(=O)N1C2CC[C@H]1CC(c1cnc(COCCO[Si](C)(C)C(C)(C)C)s1)=C2C(=O)N(Cc1cccc(Cl)c1Cl)C1CC1. The van der Waals surface area contributed by atoms with Crippen molar-refractivity contribution in [3.8, 4) is 0 Å². The Morgan fingerprint density at radius 3 is 2.45 bits per heavy atom. The van der Waals surface area contributed by atoms with Gasteiger partial charge in [0.2, 0.25) is 0 Å². The van der Waals surface area contributed by atoms with Gasteiger partial charge in [0.1, 0.15) is 10.6 Å². The van der Waals surface area contributed by atoms with Crippen molar-refractivity contribution in [3.05, 3.63) is 55.5 Å². The summed E-state index contributed by atoms with van der Waals surface area (Å²) in [5.74, 6) is -0.0635. The van der Waals surface area contributed by atoms with Gasteiger partial charge >= 0.3 is 6.09 Å². The average Bonchev–Trinajstić information content (AvgIpc) is 3.61. The van der Waals surface area contributed by atoms with Crippen molar-refractivity contribution in [1.82, 2.24) is 14.8 Å². The number of nitrogens with zero attached hydrogens (tertiary/aromatic N) is 3. The lowest BCUT2D eigenvalue weighted by molar-refractivity contribution is -0.129. The molecule has 258 valence electrons. The summed E-state index contributed by atoms with van der Waals surface area (Å²) in [6.07, 6.45) is 5.41. The highest BCUT2D eigenvalue weighted by Crippen LogP contribution is 2.47. The first-order chi connectivity index (χ1) is 22.0. The van der Waals surface area contributed by atoms with Crippen LogP contribution in [-0.2, 0) is 31.8 Å². The van der Waals surface area contributed by atoms with E-state index in [1.54, 1.807) is 17.4 Å². The first-order valence-electron chi connectivity index (χ1n) is 16.6. The molecule has 1 saturated carbocycles. The van der Waals surface area contributed by atoms with Crippen LogP contribution in [0.15, 0.2) is 30.0 Å². The van der Waals surface area contributed by atoms with Gasteiger partial charge in [-0.2, -0.15) is 0 Å². The Balaban J connectivity index is 1.41. The zero-order chi connectivity index (χ0) is 34.3. The third-order valence-electron chi connectivity index (χ3n) is 9.63. The zero-order valence-electron chi connectivity index (χ0n) is 29.0. The highest BCUT2D eigenvalue weighted by atomic mass is 35.5. The summed E-state index contributed by atoms with van der Waals surface area (Å²) in [4.78, 5) is 37.7. The van der Waals surface area contributed by atoms with Gasteiger partial charge in [-0.3, -0.25) is 9.69 Å². The van der Waals surface area contributed by atoms with E-state index in [0.29, 0.717) is 54.8 Å². The molecule has 0 N–H and O–H groups in total. The highest BCUT2D eigenvalue weighted by molar-refractivity contribution is 7.12. The first kappa shape index (κ1) is 36.3. The Labute approximate surface area is 294 Å². The van der Waals surface area contributed by atoms with Gasteiger partial charge in [-0.15, -0.1) is 11.3 Å². The lowest BCUT2D eigenvalue weighted by Gasteiger charge is -2.39. The number of hydrogen-bond acceptors (Lipinski definition) is 7. The van der Waals surface area contributed by atoms with Gasteiger partial charge in [0.05, 0.1) is 40.8 Å². The number of rotatable bonds is 11. The second-order valence-corrected chi connectivity index (χ2v) is 22.1. The molecule has 3 aliphatic rings. The number of thiazole rings is 1. The fourth-order valence-electron chi connectivity index (χ4n) is 6.02. The number of carbonyl (C=O) groups excluding carboxylic acids is 2. The van der Waals surface area contributed by atoms with Crippen LogP contribution < -0.4 is 0 Å². The largest absolute Gasteiger partial charge is 0.444 e. The van der Waals surface area contributed by atoms with Crippen molar-refractivity contribution in [2.24, 2.45) is 0 Å². The molecule has 3 heterocycles. The standard InChI is InChI=1S/C35H49Cl2N3O5SSi/c1-34(2,3)45-33(42)40-24-14-15-27(40)30(32(41)39(23-12-13-23)20-22-10-9-11-26(36)31(22)37)25(18-24)28-19-38-29(46-28)21-43-16-17-44-47(7,8)35(4,5)6/h9-11,19,23-24,27H,12-18,20-21H2,1-8H3/t24-,27?/m0/s1. The van der Waals surface area contributed by atoms with E-state index < -0.39 is 13.9 Å². The molecule has 1 aromatic carbocycles. The molecule has 1 aromatic heterocycles. The average molecular weight is 723 g/mol. The van der Waals surface area contributed by atoms with Crippen LogP contribution in [0.25, 0.3) is 5.57 Å². The summed E-state index contributed by atoms with van der Waals surface area (Å²) >= 11 is 14.5. The van der Waals surface area contributed by atoms with Crippen molar-refractivity contribution in [1.29, 1.82) is 0 Å². The van der Waals surface area contributed by atoms with E-state index in [0.717, 1.165) is 40.3 Å². The fraction of sp³-hybridized carbons (Fsp3) is 0.629. The predicted octanol–water partition coefficient (Wildman–Crippen LogP) is 9.10. The third-order valence-corrected chi connectivity index (χ3v) is 16.1. The van der Waals surface area contributed by atoms with Crippen molar-refractivity contribution in [2.75, 3.05) is 13.2 Å². The van der Waals surface area contributed by atoms with Crippen LogP contribution in [0, 0.1) is 0 Å². The lowest BCUT2D eigenvalue weighted by Crippen LogP contribution is -2.50. The van der Waals surface area contributed by atoms with Crippen molar-refractivity contribution in [2.45, 2.75) is 129 Å². The third kappa shape index (κ3) is 8.44. The fourth-order valence-corrected chi connectivity index (χ4v) is 8.35. The molecular weight excluding hydrogens is 673 g/mol. The van der Waals surface area contributed by atoms with Gasteiger partial charge < -0.3 is 18.8 Å². The molecule has 2 fully saturated rings. The second-order valence-electron chi connectivity index (χ2n) is 15.4.